The van der Waals surface area contributed by atoms with Crippen LogP contribution in [0.3, 0.4) is 0 Å². The Balaban J connectivity index is 1.62. The number of rotatable bonds is 9. The quantitative estimate of drug-likeness (QED) is 0.613. The van der Waals surface area contributed by atoms with Crippen LogP contribution in [0.1, 0.15) is 50.7 Å². The van der Waals surface area contributed by atoms with E-state index in [1.807, 2.05) is 12.3 Å². The molecule has 2 atom stereocenters. The lowest BCUT2D eigenvalue weighted by atomic mass is 10.2. The fourth-order valence-corrected chi connectivity index (χ4v) is 4.24. The minimum Gasteiger partial charge on any atom is -0.490 e. The second-order valence-electron chi connectivity index (χ2n) is 8.35. The van der Waals surface area contributed by atoms with Crippen molar-refractivity contribution in [1.29, 1.82) is 0 Å². The molecule has 7 nitrogen and oxygen atoms in total. The van der Waals surface area contributed by atoms with Crippen molar-refractivity contribution in [3.63, 3.8) is 0 Å². The Morgan fingerprint density at radius 1 is 1.26 bits per heavy atom. The fourth-order valence-electron chi connectivity index (χ4n) is 3.54. The molecule has 2 aromatic rings. The molecule has 0 radical (unpaired) electrons. The van der Waals surface area contributed by atoms with Crippen molar-refractivity contribution in [3.8, 4) is 11.5 Å². The molecule has 1 amide bonds. The average Bonchev–Trinajstić information content (AvgIpc) is 3.12. The average molecular weight is 448 g/mol. The van der Waals surface area contributed by atoms with Crippen LogP contribution in [0.5, 0.6) is 11.5 Å². The second kappa shape index (κ2) is 10.9. The molecule has 31 heavy (non-hydrogen) atoms. The van der Waals surface area contributed by atoms with Gasteiger partial charge in [-0.3, -0.25) is 15.0 Å². The maximum atomic E-state index is 12.8. The molecular formula is C23H33N3O4S. The van der Waals surface area contributed by atoms with Crippen LogP contribution in [-0.4, -0.2) is 54.3 Å². The minimum atomic E-state index is -0.217. The first-order valence-corrected chi connectivity index (χ1v) is 11.7. The van der Waals surface area contributed by atoms with Gasteiger partial charge in [-0.1, -0.05) is 13.8 Å². The van der Waals surface area contributed by atoms with Crippen LogP contribution in [-0.2, 0) is 11.3 Å². The molecule has 0 bridgehead atoms. The molecule has 0 saturated carbocycles. The summed E-state index contributed by atoms with van der Waals surface area (Å²) in [4.78, 5) is 19.7. The van der Waals surface area contributed by atoms with E-state index in [0.29, 0.717) is 41.3 Å². The molecule has 3 rings (SSSR count). The van der Waals surface area contributed by atoms with Crippen LogP contribution in [0.15, 0.2) is 23.6 Å². The number of carbonyl (C=O) groups is 1. The number of nitrogens with zero attached hydrogens (tertiary/aromatic N) is 2. The first-order chi connectivity index (χ1) is 14.8. The van der Waals surface area contributed by atoms with Crippen LogP contribution in [0.25, 0.3) is 0 Å². The number of hydrogen-bond acceptors (Lipinski definition) is 7. The lowest BCUT2D eigenvalue weighted by molar-refractivity contribution is -0.0707. The van der Waals surface area contributed by atoms with E-state index < -0.39 is 0 Å². The lowest BCUT2D eigenvalue weighted by Gasteiger charge is -2.34. The molecule has 0 spiro atoms. The highest BCUT2D eigenvalue weighted by molar-refractivity contribution is 7.13. The molecular weight excluding hydrogens is 414 g/mol. The van der Waals surface area contributed by atoms with Gasteiger partial charge in [0, 0.05) is 30.6 Å². The summed E-state index contributed by atoms with van der Waals surface area (Å²) >= 11 is 1.43. The molecule has 2 heterocycles. The molecule has 1 aromatic carbocycles. The first kappa shape index (κ1) is 23.5. The van der Waals surface area contributed by atoms with Crippen LogP contribution < -0.4 is 14.8 Å². The molecule has 1 fully saturated rings. The van der Waals surface area contributed by atoms with Gasteiger partial charge in [0.1, 0.15) is 0 Å². The summed E-state index contributed by atoms with van der Waals surface area (Å²) < 4.78 is 17.3. The van der Waals surface area contributed by atoms with Crippen LogP contribution in [0.2, 0.25) is 0 Å². The van der Waals surface area contributed by atoms with Crippen LogP contribution in [0, 0.1) is 5.92 Å². The number of morpholine rings is 1. The van der Waals surface area contributed by atoms with Crippen molar-refractivity contribution < 1.29 is 19.0 Å². The number of nitrogens with one attached hydrogen (secondary N) is 1. The van der Waals surface area contributed by atoms with Crippen molar-refractivity contribution in [1.82, 2.24) is 9.88 Å². The Kier molecular flexibility index (Phi) is 8.28. The Morgan fingerprint density at radius 2 is 2.00 bits per heavy atom. The number of benzene rings is 1. The molecule has 8 heteroatoms. The second-order valence-corrected chi connectivity index (χ2v) is 9.21. The van der Waals surface area contributed by atoms with Crippen molar-refractivity contribution in [2.45, 2.75) is 53.4 Å². The normalized spacial score (nSPS) is 19.4. The van der Waals surface area contributed by atoms with Gasteiger partial charge in [-0.2, -0.15) is 0 Å². The monoisotopic (exact) mass is 447 g/mol. The third-order valence-corrected chi connectivity index (χ3v) is 5.54. The number of amides is 1. The molecule has 1 aliphatic heterocycles. The number of carbonyl (C=O) groups excluding carboxylic acids is 1. The molecule has 1 aliphatic rings. The molecule has 170 valence electrons. The zero-order chi connectivity index (χ0) is 22.4. The van der Waals surface area contributed by atoms with Crippen molar-refractivity contribution in [2.75, 3.05) is 31.6 Å². The number of aromatic nitrogens is 1. The molecule has 1 aromatic heterocycles. The van der Waals surface area contributed by atoms with E-state index in [1.165, 1.54) is 11.3 Å². The van der Waals surface area contributed by atoms with Gasteiger partial charge < -0.3 is 14.2 Å². The predicted octanol–water partition coefficient (Wildman–Crippen LogP) is 4.44. The lowest BCUT2D eigenvalue weighted by Crippen LogP contribution is -2.44. The first-order valence-electron chi connectivity index (χ1n) is 10.9. The summed E-state index contributed by atoms with van der Waals surface area (Å²) in [7, 11) is 0. The van der Waals surface area contributed by atoms with E-state index in [-0.39, 0.29) is 18.1 Å². The topological polar surface area (TPSA) is 72.9 Å². The van der Waals surface area contributed by atoms with E-state index in [1.54, 1.807) is 18.2 Å². The highest BCUT2D eigenvalue weighted by atomic mass is 32.1. The molecule has 0 aliphatic carbocycles. The van der Waals surface area contributed by atoms with Crippen LogP contribution in [0.4, 0.5) is 5.13 Å². The number of thiazole rings is 1. The Bertz CT molecular complexity index is 860. The third kappa shape index (κ3) is 6.92. The van der Waals surface area contributed by atoms with Crippen LogP contribution >= 0.6 is 11.3 Å². The van der Waals surface area contributed by atoms with Crippen molar-refractivity contribution in [2.24, 2.45) is 5.92 Å². The van der Waals surface area contributed by atoms with Gasteiger partial charge in [0.25, 0.3) is 5.91 Å². The van der Waals surface area contributed by atoms with Crippen molar-refractivity contribution in [3.05, 3.63) is 34.8 Å². The summed E-state index contributed by atoms with van der Waals surface area (Å²) in [6, 6.07) is 5.26. The van der Waals surface area contributed by atoms with Gasteiger partial charge in [-0.25, -0.2) is 4.98 Å². The standard InChI is InChI=1S/C23H33N3O4S/c1-6-28-21-9-18(7-8-20(21)29-13-15(2)3)22(27)25-23-24-19(14-31-23)12-26-10-16(4)30-17(5)11-26/h7-9,14-17H,6,10-13H2,1-5H3,(H,24,25,27)/t16-,17-/m1/s1. The Morgan fingerprint density at radius 3 is 2.68 bits per heavy atom. The zero-order valence-electron chi connectivity index (χ0n) is 19.0. The number of anilines is 1. The van der Waals surface area contributed by atoms with Gasteiger partial charge in [0.05, 0.1) is 31.1 Å². The molecule has 1 saturated heterocycles. The van der Waals surface area contributed by atoms with E-state index in [4.69, 9.17) is 14.2 Å². The smallest absolute Gasteiger partial charge is 0.257 e. The highest BCUT2D eigenvalue weighted by Crippen LogP contribution is 2.29. The zero-order valence-corrected chi connectivity index (χ0v) is 19.8. The summed E-state index contributed by atoms with van der Waals surface area (Å²) in [5, 5.41) is 5.49. The number of ether oxygens (including phenoxy) is 3. The maximum absolute atomic E-state index is 12.8. The van der Waals surface area contributed by atoms with Gasteiger partial charge in [0.15, 0.2) is 16.6 Å². The Labute approximate surface area is 188 Å². The fraction of sp³-hybridized carbons (Fsp3) is 0.565. The van der Waals surface area contributed by atoms with E-state index >= 15 is 0 Å². The predicted molar refractivity (Wildman–Crippen MR) is 123 cm³/mol. The summed E-state index contributed by atoms with van der Waals surface area (Å²) in [5.41, 5.74) is 1.46. The Hall–Kier alpha value is -2.16. The van der Waals surface area contributed by atoms with Gasteiger partial charge in [-0.05, 0) is 44.9 Å². The SMILES string of the molecule is CCOc1cc(C(=O)Nc2nc(CN3C[C@@H](C)O[C@H](C)C3)cs2)ccc1OCC(C)C. The van der Waals surface area contributed by atoms with E-state index in [2.05, 4.69) is 42.9 Å². The summed E-state index contributed by atoms with van der Waals surface area (Å²) in [6.07, 6.45) is 0.433. The van der Waals surface area contributed by atoms with Gasteiger partial charge >= 0.3 is 0 Å². The molecule has 0 unspecified atom stereocenters. The summed E-state index contributed by atoms with van der Waals surface area (Å²) in [6.45, 7) is 13.9. The minimum absolute atomic E-state index is 0.216. The van der Waals surface area contributed by atoms with E-state index in [9.17, 15) is 4.79 Å². The largest absolute Gasteiger partial charge is 0.490 e. The third-order valence-electron chi connectivity index (χ3n) is 4.73. The van der Waals surface area contributed by atoms with Gasteiger partial charge in [0.2, 0.25) is 0 Å². The van der Waals surface area contributed by atoms with Gasteiger partial charge in [-0.15, -0.1) is 11.3 Å². The van der Waals surface area contributed by atoms with Crippen molar-refractivity contribution >= 4 is 22.4 Å². The highest BCUT2D eigenvalue weighted by Gasteiger charge is 2.23. The van der Waals surface area contributed by atoms with E-state index in [0.717, 1.165) is 25.3 Å². The summed E-state index contributed by atoms with van der Waals surface area (Å²) in [5.74, 6) is 1.41. The molecule has 1 N–H and O–H groups in total. The maximum Gasteiger partial charge on any atom is 0.257 e. The number of hydrogen-bond donors (Lipinski definition) is 1.